The molecule has 1 atom stereocenters. The molecule has 1 amide bonds. The van der Waals surface area contributed by atoms with Crippen LogP contribution in [-0.4, -0.2) is 50.8 Å². The van der Waals surface area contributed by atoms with E-state index in [4.69, 9.17) is 19.2 Å². The van der Waals surface area contributed by atoms with Gasteiger partial charge in [0, 0.05) is 45.7 Å². The van der Waals surface area contributed by atoms with Crippen molar-refractivity contribution < 1.29 is 24.1 Å². The van der Waals surface area contributed by atoms with Gasteiger partial charge in [-0.3, -0.25) is 9.55 Å². The zero-order chi connectivity index (χ0) is 23.5. The number of imidazole rings is 1. The Hall–Kier alpha value is -3.85. The van der Waals surface area contributed by atoms with Crippen LogP contribution in [0.25, 0.3) is 11.4 Å². The van der Waals surface area contributed by atoms with Crippen molar-refractivity contribution in [2.24, 2.45) is 0 Å². The van der Waals surface area contributed by atoms with Gasteiger partial charge in [-0.1, -0.05) is 36.4 Å². The molecule has 1 N–H and O–H groups in total. The van der Waals surface area contributed by atoms with Gasteiger partial charge in [0.05, 0.1) is 17.6 Å². The minimum Gasteiger partial charge on any atom is -0.465 e. The number of rotatable bonds is 6. The van der Waals surface area contributed by atoms with E-state index in [9.17, 15) is 9.90 Å². The molecule has 9 nitrogen and oxygen atoms in total. The summed E-state index contributed by atoms with van der Waals surface area (Å²) < 4.78 is 20.1. The van der Waals surface area contributed by atoms with Crippen LogP contribution >= 0.6 is 0 Å². The number of carbonyl (C=O) groups is 1. The van der Waals surface area contributed by atoms with E-state index in [0.29, 0.717) is 43.9 Å². The van der Waals surface area contributed by atoms with Crippen LogP contribution in [0.4, 0.5) is 4.79 Å². The molecule has 5 rings (SSSR count). The van der Waals surface area contributed by atoms with Crippen molar-refractivity contribution in [2.75, 3.05) is 20.2 Å². The number of carboxylic acid groups (broad SMARTS) is 1. The van der Waals surface area contributed by atoms with Gasteiger partial charge in [-0.2, -0.15) is 0 Å². The number of allylic oxidation sites excluding steroid dienone is 1. The second kappa shape index (κ2) is 9.18. The fourth-order valence-electron chi connectivity index (χ4n) is 4.51. The van der Waals surface area contributed by atoms with Gasteiger partial charge < -0.3 is 24.2 Å². The average Bonchev–Trinajstić information content (AvgIpc) is 3.52. The molecule has 2 aliphatic heterocycles. The summed E-state index contributed by atoms with van der Waals surface area (Å²) in [5.41, 5.74) is 1.78. The Balaban J connectivity index is 1.48. The zero-order valence-electron chi connectivity index (χ0n) is 18.8. The summed E-state index contributed by atoms with van der Waals surface area (Å²) >= 11 is 0. The van der Waals surface area contributed by atoms with Crippen LogP contribution in [-0.2, 0) is 26.2 Å². The van der Waals surface area contributed by atoms with Crippen LogP contribution in [0.3, 0.4) is 0 Å². The standard InChI is InChI=1S/C25H26N4O5/c1-32-25(10-13-28(14-11-25)23(30)31)22-27-16-21(20-9-5-6-12-26-20)29(22)24-33-17-19(34-24)15-18-7-3-2-4-8-18/h2-9,12,16-17,24H,10-11,13-15H2,1H3,(H,30,31). The van der Waals surface area contributed by atoms with Crippen molar-refractivity contribution in [1.82, 2.24) is 19.4 Å². The molecule has 0 aliphatic carbocycles. The first-order valence-electron chi connectivity index (χ1n) is 11.2. The van der Waals surface area contributed by atoms with Crippen LogP contribution in [0, 0.1) is 0 Å². The number of benzene rings is 1. The second-order valence-corrected chi connectivity index (χ2v) is 8.33. The number of methoxy groups -OCH3 is 1. The Kier molecular flexibility index (Phi) is 5.93. The van der Waals surface area contributed by atoms with Gasteiger partial charge in [-0.15, -0.1) is 0 Å². The van der Waals surface area contributed by atoms with Gasteiger partial charge >= 0.3 is 12.5 Å². The molecule has 0 bridgehead atoms. The van der Waals surface area contributed by atoms with Crippen LogP contribution in [0.1, 0.15) is 30.6 Å². The molecule has 9 heteroatoms. The highest BCUT2D eigenvalue weighted by molar-refractivity contribution is 5.65. The van der Waals surface area contributed by atoms with Gasteiger partial charge in [-0.25, -0.2) is 9.78 Å². The van der Waals surface area contributed by atoms with Crippen molar-refractivity contribution in [1.29, 1.82) is 0 Å². The van der Waals surface area contributed by atoms with E-state index in [-0.39, 0.29) is 0 Å². The number of ether oxygens (including phenoxy) is 3. The van der Waals surface area contributed by atoms with Crippen molar-refractivity contribution >= 4 is 6.09 Å². The van der Waals surface area contributed by atoms with Crippen LogP contribution in [0.15, 0.2) is 72.9 Å². The second-order valence-electron chi connectivity index (χ2n) is 8.33. The summed E-state index contributed by atoms with van der Waals surface area (Å²) in [6.07, 6.45) is 4.91. The maximum atomic E-state index is 11.5. The van der Waals surface area contributed by atoms with Crippen LogP contribution in [0.2, 0.25) is 0 Å². The Bertz CT molecular complexity index is 1170. The molecule has 176 valence electrons. The minimum atomic E-state index is -0.931. The molecule has 34 heavy (non-hydrogen) atoms. The lowest BCUT2D eigenvalue weighted by molar-refractivity contribution is -0.113. The van der Waals surface area contributed by atoms with E-state index in [1.165, 1.54) is 4.90 Å². The van der Waals surface area contributed by atoms with Gasteiger partial charge in [0.1, 0.15) is 23.4 Å². The first kappa shape index (κ1) is 22.0. The van der Waals surface area contributed by atoms with Crippen molar-refractivity contribution in [3.63, 3.8) is 0 Å². The number of likely N-dealkylation sites (tertiary alicyclic amines) is 1. The first-order valence-corrected chi connectivity index (χ1v) is 11.2. The molecule has 2 aromatic heterocycles. The smallest absolute Gasteiger partial charge is 0.407 e. The molecule has 1 unspecified atom stereocenters. The Morgan fingerprint density at radius 2 is 1.91 bits per heavy atom. The minimum absolute atomic E-state index is 0.346. The van der Waals surface area contributed by atoms with Crippen molar-refractivity contribution in [3.8, 4) is 11.4 Å². The fraction of sp³-hybridized carbons (Fsp3) is 0.320. The van der Waals surface area contributed by atoms with E-state index in [2.05, 4.69) is 4.98 Å². The van der Waals surface area contributed by atoms with E-state index >= 15 is 0 Å². The third-order valence-corrected chi connectivity index (χ3v) is 6.36. The monoisotopic (exact) mass is 462 g/mol. The molecule has 0 saturated carbocycles. The van der Waals surface area contributed by atoms with Crippen LogP contribution in [0.5, 0.6) is 0 Å². The quantitative estimate of drug-likeness (QED) is 0.588. The third-order valence-electron chi connectivity index (χ3n) is 6.36. The van der Waals surface area contributed by atoms with Gasteiger partial charge in [0.15, 0.2) is 0 Å². The highest BCUT2D eigenvalue weighted by atomic mass is 16.7. The lowest BCUT2D eigenvalue weighted by atomic mass is 9.90. The molecular formula is C25H26N4O5. The number of amides is 1. The normalized spacial score (nSPS) is 19.3. The highest BCUT2D eigenvalue weighted by Crippen LogP contribution is 2.40. The maximum Gasteiger partial charge on any atom is 0.407 e. The number of nitrogens with zero attached hydrogens (tertiary/aromatic N) is 4. The number of hydrogen-bond donors (Lipinski definition) is 1. The number of piperidine rings is 1. The van der Waals surface area contributed by atoms with E-state index in [0.717, 1.165) is 17.0 Å². The molecule has 1 saturated heterocycles. The largest absolute Gasteiger partial charge is 0.465 e. The van der Waals surface area contributed by atoms with E-state index < -0.39 is 18.1 Å². The highest BCUT2D eigenvalue weighted by Gasteiger charge is 2.44. The number of hydrogen-bond acceptors (Lipinski definition) is 6. The molecule has 4 heterocycles. The molecule has 1 fully saturated rings. The fourth-order valence-corrected chi connectivity index (χ4v) is 4.51. The Morgan fingerprint density at radius 1 is 1.15 bits per heavy atom. The number of aromatic nitrogens is 3. The lowest BCUT2D eigenvalue weighted by Gasteiger charge is -2.39. The lowest BCUT2D eigenvalue weighted by Crippen LogP contribution is -2.47. The Labute approximate surface area is 197 Å². The molecule has 3 aromatic rings. The van der Waals surface area contributed by atoms with E-state index in [1.807, 2.05) is 53.1 Å². The molecule has 0 radical (unpaired) electrons. The van der Waals surface area contributed by atoms with Gasteiger partial charge in [0.25, 0.3) is 0 Å². The summed E-state index contributed by atoms with van der Waals surface area (Å²) in [5.74, 6) is 1.33. The van der Waals surface area contributed by atoms with Gasteiger partial charge in [0.2, 0.25) is 0 Å². The first-order chi connectivity index (χ1) is 16.6. The molecular weight excluding hydrogens is 436 g/mol. The summed E-state index contributed by atoms with van der Waals surface area (Å²) in [4.78, 5) is 22.1. The predicted molar refractivity (Wildman–Crippen MR) is 122 cm³/mol. The third kappa shape index (κ3) is 4.10. The van der Waals surface area contributed by atoms with Crippen LogP contribution < -0.4 is 0 Å². The SMILES string of the molecule is COC1(c2ncc(-c3ccccn3)n2C2OC=C(Cc3ccccc3)O2)CCN(C(=O)O)CC1. The maximum absolute atomic E-state index is 11.5. The summed E-state index contributed by atoms with van der Waals surface area (Å²) in [6, 6.07) is 15.7. The molecule has 0 spiro atoms. The van der Waals surface area contributed by atoms with Crippen molar-refractivity contribution in [3.05, 3.63) is 84.3 Å². The average molecular weight is 463 g/mol. The number of pyridine rings is 1. The topological polar surface area (TPSA) is 98.9 Å². The molecule has 2 aliphatic rings. The molecule has 1 aromatic carbocycles. The summed E-state index contributed by atoms with van der Waals surface area (Å²) in [5, 5.41) is 9.39. The summed E-state index contributed by atoms with van der Waals surface area (Å²) in [7, 11) is 1.63. The zero-order valence-corrected chi connectivity index (χ0v) is 18.8. The van der Waals surface area contributed by atoms with E-state index in [1.54, 1.807) is 25.8 Å². The van der Waals surface area contributed by atoms with Gasteiger partial charge in [-0.05, 0) is 17.7 Å². The van der Waals surface area contributed by atoms with Crippen molar-refractivity contribution in [2.45, 2.75) is 31.3 Å². The predicted octanol–water partition coefficient (Wildman–Crippen LogP) is 4.15. The Morgan fingerprint density at radius 3 is 2.59 bits per heavy atom. The summed E-state index contributed by atoms with van der Waals surface area (Å²) in [6.45, 7) is 0.692.